The van der Waals surface area contributed by atoms with Gasteiger partial charge in [0.25, 0.3) is 11.8 Å². The van der Waals surface area contributed by atoms with E-state index in [1.165, 1.54) is 18.2 Å². The maximum Gasteiger partial charge on any atom is 0.287 e. The minimum atomic E-state index is -3.17. The minimum absolute atomic E-state index is 0.0155. The second-order valence-corrected chi connectivity index (χ2v) is 10.3. The van der Waals surface area contributed by atoms with E-state index in [-0.39, 0.29) is 12.3 Å². The number of hydrogen-bond donors (Lipinski definition) is 2. The van der Waals surface area contributed by atoms with Crippen LogP contribution in [0.3, 0.4) is 0 Å². The SMILES string of the molecule is CC1CCC(n2cc3cc(NC(=O)c4cccc(C(C)(F)F)n4)c(OCC(C)(C)O)cc3n2)CC1. The summed E-state index contributed by atoms with van der Waals surface area (Å²) in [5, 5.41) is 18.4. The van der Waals surface area contributed by atoms with Gasteiger partial charge in [0, 0.05) is 24.6 Å². The van der Waals surface area contributed by atoms with E-state index in [1.807, 2.05) is 10.9 Å². The molecule has 1 amide bonds. The van der Waals surface area contributed by atoms with Gasteiger partial charge in [-0.2, -0.15) is 13.9 Å². The van der Waals surface area contributed by atoms with Crippen molar-refractivity contribution in [2.45, 2.75) is 70.9 Å². The molecular weight excluding hydrogens is 454 g/mol. The predicted molar refractivity (Wildman–Crippen MR) is 130 cm³/mol. The van der Waals surface area contributed by atoms with Gasteiger partial charge < -0.3 is 15.2 Å². The highest BCUT2D eigenvalue weighted by Gasteiger charge is 2.27. The molecule has 35 heavy (non-hydrogen) atoms. The zero-order chi connectivity index (χ0) is 25.4. The minimum Gasteiger partial charge on any atom is -0.488 e. The van der Waals surface area contributed by atoms with Crippen molar-refractivity contribution in [2.24, 2.45) is 5.92 Å². The van der Waals surface area contributed by atoms with Crippen LogP contribution in [0.5, 0.6) is 5.75 Å². The summed E-state index contributed by atoms with van der Waals surface area (Å²) in [5.41, 5.74) is -0.666. The average molecular weight is 487 g/mol. The maximum absolute atomic E-state index is 13.7. The number of aromatic nitrogens is 3. The third-order valence-corrected chi connectivity index (χ3v) is 6.24. The van der Waals surface area contributed by atoms with Crippen LogP contribution in [0.4, 0.5) is 14.5 Å². The summed E-state index contributed by atoms with van der Waals surface area (Å²) in [5.74, 6) is -2.76. The van der Waals surface area contributed by atoms with Crippen molar-refractivity contribution < 1.29 is 23.4 Å². The molecule has 0 saturated heterocycles. The van der Waals surface area contributed by atoms with Gasteiger partial charge in [-0.15, -0.1) is 0 Å². The number of nitrogens with zero attached hydrogens (tertiary/aromatic N) is 3. The smallest absolute Gasteiger partial charge is 0.287 e. The van der Waals surface area contributed by atoms with Crippen molar-refractivity contribution in [3.63, 3.8) is 0 Å². The summed E-state index contributed by atoms with van der Waals surface area (Å²) >= 11 is 0. The van der Waals surface area contributed by atoms with Gasteiger partial charge in [0.2, 0.25) is 0 Å². The van der Waals surface area contributed by atoms with Crippen LogP contribution in [0, 0.1) is 5.92 Å². The summed E-state index contributed by atoms with van der Waals surface area (Å²) in [6.45, 7) is 6.21. The Kier molecular flexibility index (Phi) is 6.81. The molecule has 1 aromatic carbocycles. The highest BCUT2D eigenvalue weighted by molar-refractivity contribution is 6.05. The van der Waals surface area contributed by atoms with Crippen molar-refractivity contribution in [1.82, 2.24) is 14.8 Å². The number of carbonyl (C=O) groups excluding carboxylic acids is 1. The normalized spacial score (nSPS) is 19.1. The lowest BCUT2D eigenvalue weighted by molar-refractivity contribution is 0.0126. The molecule has 0 bridgehead atoms. The Morgan fingerprint density at radius 3 is 2.57 bits per heavy atom. The number of anilines is 1. The molecule has 0 atom stereocenters. The zero-order valence-corrected chi connectivity index (χ0v) is 20.5. The number of pyridine rings is 1. The molecule has 1 saturated carbocycles. The largest absolute Gasteiger partial charge is 0.488 e. The number of aliphatic hydroxyl groups is 1. The van der Waals surface area contributed by atoms with Gasteiger partial charge in [0.05, 0.1) is 22.8 Å². The number of rotatable bonds is 7. The van der Waals surface area contributed by atoms with Crippen molar-refractivity contribution >= 4 is 22.5 Å². The van der Waals surface area contributed by atoms with E-state index in [2.05, 4.69) is 17.2 Å². The summed E-state index contributed by atoms with van der Waals surface area (Å²) in [6.07, 6.45) is 6.40. The number of nitrogens with one attached hydrogen (secondary N) is 1. The van der Waals surface area contributed by atoms with E-state index in [9.17, 15) is 18.7 Å². The molecule has 2 heterocycles. The molecule has 7 nitrogen and oxygen atoms in total. The molecule has 2 N–H and O–H groups in total. The second-order valence-electron chi connectivity index (χ2n) is 10.3. The molecule has 1 aliphatic carbocycles. The molecule has 3 aromatic rings. The van der Waals surface area contributed by atoms with E-state index >= 15 is 0 Å². The lowest BCUT2D eigenvalue weighted by Crippen LogP contribution is -2.28. The number of ether oxygens (including phenoxy) is 1. The fourth-order valence-electron chi connectivity index (χ4n) is 4.23. The lowest BCUT2D eigenvalue weighted by Gasteiger charge is -2.26. The van der Waals surface area contributed by atoms with Gasteiger partial charge in [0.1, 0.15) is 23.7 Å². The molecule has 1 aliphatic rings. The van der Waals surface area contributed by atoms with Crippen molar-refractivity contribution in [3.05, 3.63) is 47.9 Å². The number of amides is 1. The highest BCUT2D eigenvalue weighted by Crippen LogP contribution is 2.35. The fraction of sp³-hybridized carbons (Fsp3) is 0.500. The third kappa shape index (κ3) is 6.14. The van der Waals surface area contributed by atoms with Crippen LogP contribution >= 0.6 is 0 Å². The lowest BCUT2D eigenvalue weighted by atomic mass is 9.87. The molecular formula is C26H32F2N4O3. The molecule has 0 spiro atoms. The van der Waals surface area contributed by atoms with Crippen LogP contribution in [-0.4, -0.2) is 38.0 Å². The van der Waals surface area contributed by atoms with Crippen LogP contribution in [0.15, 0.2) is 36.5 Å². The van der Waals surface area contributed by atoms with Gasteiger partial charge >= 0.3 is 0 Å². The van der Waals surface area contributed by atoms with Gasteiger partial charge in [-0.3, -0.25) is 9.48 Å². The quantitative estimate of drug-likeness (QED) is 0.447. The summed E-state index contributed by atoms with van der Waals surface area (Å²) in [6, 6.07) is 7.73. The molecule has 188 valence electrons. The third-order valence-electron chi connectivity index (χ3n) is 6.24. The van der Waals surface area contributed by atoms with Crippen molar-refractivity contribution in [2.75, 3.05) is 11.9 Å². The van der Waals surface area contributed by atoms with E-state index in [0.29, 0.717) is 23.0 Å². The summed E-state index contributed by atoms with van der Waals surface area (Å²) in [7, 11) is 0. The topological polar surface area (TPSA) is 89.3 Å². The van der Waals surface area contributed by atoms with Crippen LogP contribution < -0.4 is 10.1 Å². The van der Waals surface area contributed by atoms with Crippen molar-refractivity contribution in [3.8, 4) is 5.75 Å². The summed E-state index contributed by atoms with van der Waals surface area (Å²) in [4.78, 5) is 16.8. The maximum atomic E-state index is 13.7. The molecule has 2 aromatic heterocycles. The molecule has 9 heteroatoms. The predicted octanol–water partition coefficient (Wildman–Crippen LogP) is 5.70. The Bertz CT molecular complexity index is 1210. The molecule has 0 aliphatic heterocycles. The zero-order valence-electron chi connectivity index (χ0n) is 20.5. The first kappa shape index (κ1) is 25.0. The van der Waals surface area contributed by atoms with Crippen molar-refractivity contribution in [1.29, 1.82) is 0 Å². The van der Waals surface area contributed by atoms with E-state index in [4.69, 9.17) is 9.84 Å². The second kappa shape index (κ2) is 9.53. The van der Waals surface area contributed by atoms with Crippen LogP contribution in [0.2, 0.25) is 0 Å². The number of hydrogen-bond acceptors (Lipinski definition) is 5. The molecule has 4 rings (SSSR count). The standard InChI is InChI=1S/C26H32F2N4O3/c1-16-8-10-18(11-9-16)32-14-17-12-21(22(13-20(17)31-32)35-15-25(2,3)34)30-24(33)19-6-5-7-23(29-19)26(4,27)28/h5-7,12-14,16,18,34H,8-11,15H2,1-4H3,(H,30,33). The van der Waals surface area contributed by atoms with Crippen LogP contribution in [0.25, 0.3) is 10.9 Å². The monoisotopic (exact) mass is 486 g/mol. The molecule has 0 unspecified atom stereocenters. The highest BCUT2D eigenvalue weighted by atomic mass is 19.3. The first-order valence-corrected chi connectivity index (χ1v) is 11.9. The number of halogens is 2. The van der Waals surface area contributed by atoms with Gasteiger partial charge in [-0.05, 0) is 63.6 Å². The Labute approximate surface area is 203 Å². The first-order chi connectivity index (χ1) is 16.4. The van der Waals surface area contributed by atoms with Gasteiger partial charge in [-0.25, -0.2) is 4.98 Å². The number of alkyl halides is 2. The van der Waals surface area contributed by atoms with Crippen LogP contribution in [-0.2, 0) is 5.92 Å². The Morgan fingerprint density at radius 1 is 1.20 bits per heavy atom. The van der Waals surface area contributed by atoms with E-state index in [1.54, 1.807) is 26.0 Å². The van der Waals surface area contributed by atoms with Crippen LogP contribution in [0.1, 0.15) is 75.6 Å². The van der Waals surface area contributed by atoms with Gasteiger partial charge in [-0.1, -0.05) is 13.0 Å². The number of fused-ring (bicyclic) bond motifs is 1. The van der Waals surface area contributed by atoms with E-state index in [0.717, 1.165) is 43.9 Å². The Hall–Kier alpha value is -3.07. The molecule has 1 fully saturated rings. The fourth-order valence-corrected chi connectivity index (χ4v) is 4.23. The Morgan fingerprint density at radius 2 is 1.91 bits per heavy atom. The Balaban J connectivity index is 1.65. The number of carbonyl (C=O) groups is 1. The van der Waals surface area contributed by atoms with Gasteiger partial charge in [0.15, 0.2) is 0 Å². The molecule has 0 radical (unpaired) electrons. The van der Waals surface area contributed by atoms with E-state index < -0.39 is 23.1 Å². The average Bonchev–Trinajstić information content (AvgIpc) is 3.19. The number of benzene rings is 1. The first-order valence-electron chi connectivity index (χ1n) is 11.9. The summed E-state index contributed by atoms with van der Waals surface area (Å²) < 4.78 is 35.2.